The number of para-hydroxylation sites is 1. The predicted molar refractivity (Wildman–Crippen MR) is 72.6 cm³/mol. The lowest BCUT2D eigenvalue weighted by Gasteiger charge is -2.15. The molecule has 0 fully saturated rings. The van der Waals surface area contributed by atoms with E-state index in [4.69, 9.17) is 5.73 Å². The highest BCUT2D eigenvalue weighted by Gasteiger charge is 2.17. The number of amides is 1. The third-order valence-electron chi connectivity index (χ3n) is 2.90. The highest BCUT2D eigenvalue weighted by atomic mass is 16.6. The van der Waals surface area contributed by atoms with Crippen LogP contribution in [-0.2, 0) is 11.2 Å². The van der Waals surface area contributed by atoms with Crippen LogP contribution < -0.4 is 11.1 Å². The number of nitro groups is 1. The third-order valence-corrected chi connectivity index (χ3v) is 2.90. The van der Waals surface area contributed by atoms with Gasteiger partial charge < -0.3 is 11.1 Å². The fourth-order valence-electron chi connectivity index (χ4n) is 1.64. The number of hydrogen-bond donors (Lipinski definition) is 2. The monoisotopic (exact) mass is 265 g/mol. The number of nitrogens with one attached hydrogen (secondary N) is 1. The van der Waals surface area contributed by atoms with Gasteiger partial charge in [0.05, 0.1) is 11.0 Å². The summed E-state index contributed by atoms with van der Waals surface area (Å²) in [4.78, 5) is 22.0. The summed E-state index contributed by atoms with van der Waals surface area (Å²) in [5, 5.41) is 13.5. The Bertz CT molecular complexity index is 460. The van der Waals surface area contributed by atoms with E-state index in [0.717, 1.165) is 0 Å². The summed E-state index contributed by atoms with van der Waals surface area (Å²) in [5.74, 6) is -0.167. The van der Waals surface area contributed by atoms with Crippen molar-refractivity contribution in [2.24, 2.45) is 11.7 Å². The molecule has 1 amide bonds. The molecule has 0 bridgehead atoms. The van der Waals surface area contributed by atoms with Crippen LogP contribution in [0.25, 0.3) is 0 Å². The number of rotatable bonds is 6. The van der Waals surface area contributed by atoms with Crippen molar-refractivity contribution in [2.45, 2.75) is 26.3 Å². The fourth-order valence-corrected chi connectivity index (χ4v) is 1.64. The standard InChI is InChI=1S/C13H19N3O3/c1-9(2)12(14)13(17)15-8-7-10-5-3-4-6-11(10)16(18)19/h3-6,9,12H,7-8,14H2,1-2H3,(H,15,17)/t12-/m0/s1. The molecule has 6 heteroatoms. The second-order valence-electron chi connectivity index (χ2n) is 4.70. The van der Waals surface area contributed by atoms with Gasteiger partial charge in [-0.1, -0.05) is 32.0 Å². The van der Waals surface area contributed by atoms with Gasteiger partial charge in [0.2, 0.25) is 5.91 Å². The van der Waals surface area contributed by atoms with Gasteiger partial charge in [0.15, 0.2) is 0 Å². The second-order valence-corrected chi connectivity index (χ2v) is 4.70. The Balaban J connectivity index is 2.54. The Labute approximate surface area is 112 Å². The highest BCUT2D eigenvalue weighted by Crippen LogP contribution is 2.17. The van der Waals surface area contributed by atoms with E-state index in [1.165, 1.54) is 6.07 Å². The first-order chi connectivity index (χ1) is 8.93. The number of carbonyl (C=O) groups is 1. The van der Waals surface area contributed by atoms with Crippen molar-refractivity contribution in [3.8, 4) is 0 Å². The third kappa shape index (κ3) is 4.33. The molecule has 1 atom stereocenters. The molecule has 0 aliphatic heterocycles. The van der Waals surface area contributed by atoms with Gasteiger partial charge in [0.1, 0.15) is 0 Å². The Morgan fingerprint density at radius 1 is 1.42 bits per heavy atom. The average Bonchev–Trinajstić information content (AvgIpc) is 2.37. The van der Waals surface area contributed by atoms with Crippen molar-refractivity contribution in [1.29, 1.82) is 0 Å². The van der Waals surface area contributed by atoms with Crippen molar-refractivity contribution in [1.82, 2.24) is 5.32 Å². The van der Waals surface area contributed by atoms with Gasteiger partial charge >= 0.3 is 0 Å². The molecule has 19 heavy (non-hydrogen) atoms. The van der Waals surface area contributed by atoms with Gasteiger partial charge in [-0.05, 0) is 12.3 Å². The highest BCUT2D eigenvalue weighted by molar-refractivity contribution is 5.81. The molecule has 1 rings (SSSR count). The van der Waals surface area contributed by atoms with Gasteiger partial charge in [0, 0.05) is 18.2 Å². The first kappa shape index (κ1) is 15.1. The maximum Gasteiger partial charge on any atom is 0.272 e. The van der Waals surface area contributed by atoms with Crippen molar-refractivity contribution in [2.75, 3.05) is 6.54 Å². The molecule has 0 aliphatic carbocycles. The average molecular weight is 265 g/mol. The lowest BCUT2D eigenvalue weighted by Crippen LogP contribution is -2.44. The van der Waals surface area contributed by atoms with Crippen LogP contribution in [0.2, 0.25) is 0 Å². The zero-order chi connectivity index (χ0) is 14.4. The number of nitrogens with two attached hydrogens (primary N) is 1. The first-order valence-electron chi connectivity index (χ1n) is 6.19. The predicted octanol–water partition coefficient (Wildman–Crippen LogP) is 1.24. The van der Waals surface area contributed by atoms with Crippen molar-refractivity contribution in [3.05, 3.63) is 39.9 Å². The minimum Gasteiger partial charge on any atom is -0.354 e. The molecule has 0 unspecified atom stereocenters. The number of benzene rings is 1. The molecule has 0 radical (unpaired) electrons. The van der Waals surface area contributed by atoms with E-state index in [0.29, 0.717) is 18.5 Å². The molecule has 0 aliphatic rings. The molecule has 1 aromatic rings. The molecular weight excluding hydrogens is 246 g/mol. The lowest BCUT2D eigenvalue weighted by atomic mass is 10.0. The van der Waals surface area contributed by atoms with Crippen LogP contribution in [0.15, 0.2) is 24.3 Å². The Morgan fingerprint density at radius 2 is 2.05 bits per heavy atom. The molecule has 0 heterocycles. The summed E-state index contributed by atoms with van der Waals surface area (Å²) in [7, 11) is 0. The minimum atomic E-state index is -0.550. The number of nitro benzene ring substituents is 1. The SMILES string of the molecule is CC(C)[C@H](N)C(=O)NCCc1ccccc1[N+](=O)[O-]. The van der Waals surface area contributed by atoms with Crippen LogP contribution in [0, 0.1) is 16.0 Å². The quantitative estimate of drug-likeness (QED) is 0.597. The molecule has 0 aromatic heterocycles. The number of carbonyl (C=O) groups excluding carboxylic acids is 1. The number of nitrogens with zero attached hydrogens (tertiary/aromatic N) is 1. The summed E-state index contributed by atoms with van der Waals surface area (Å²) in [6, 6.07) is 5.95. The second kappa shape index (κ2) is 6.84. The maximum absolute atomic E-state index is 11.6. The smallest absolute Gasteiger partial charge is 0.272 e. The van der Waals surface area contributed by atoms with E-state index in [-0.39, 0.29) is 17.5 Å². The van der Waals surface area contributed by atoms with E-state index < -0.39 is 11.0 Å². The first-order valence-corrected chi connectivity index (χ1v) is 6.19. The molecule has 6 nitrogen and oxygen atoms in total. The fraction of sp³-hybridized carbons (Fsp3) is 0.462. The maximum atomic E-state index is 11.6. The van der Waals surface area contributed by atoms with Crippen molar-refractivity contribution in [3.63, 3.8) is 0 Å². The van der Waals surface area contributed by atoms with E-state index in [1.807, 2.05) is 13.8 Å². The number of hydrogen-bond acceptors (Lipinski definition) is 4. The van der Waals surface area contributed by atoms with Crippen LogP contribution in [0.5, 0.6) is 0 Å². The Hall–Kier alpha value is -1.95. The zero-order valence-electron chi connectivity index (χ0n) is 11.1. The molecule has 0 saturated carbocycles. The summed E-state index contributed by atoms with van der Waals surface area (Å²) >= 11 is 0. The molecule has 104 valence electrons. The molecular formula is C13H19N3O3. The Kier molecular flexibility index (Phi) is 5.44. The van der Waals surface area contributed by atoms with Crippen molar-refractivity contribution >= 4 is 11.6 Å². The van der Waals surface area contributed by atoms with Crippen LogP contribution in [0.1, 0.15) is 19.4 Å². The largest absolute Gasteiger partial charge is 0.354 e. The zero-order valence-corrected chi connectivity index (χ0v) is 11.1. The normalized spacial score (nSPS) is 12.2. The van der Waals surface area contributed by atoms with Gasteiger partial charge in [-0.3, -0.25) is 14.9 Å². The lowest BCUT2D eigenvalue weighted by molar-refractivity contribution is -0.385. The molecule has 1 aromatic carbocycles. The van der Waals surface area contributed by atoms with Gasteiger partial charge in [-0.15, -0.1) is 0 Å². The van der Waals surface area contributed by atoms with Gasteiger partial charge in [0.25, 0.3) is 5.69 Å². The van der Waals surface area contributed by atoms with Crippen LogP contribution in [0.3, 0.4) is 0 Å². The van der Waals surface area contributed by atoms with Gasteiger partial charge in [-0.2, -0.15) is 0 Å². The van der Waals surface area contributed by atoms with E-state index in [2.05, 4.69) is 5.32 Å². The summed E-state index contributed by atoms with van der Waals surface area (Å²) in [6.07, 6.45) is 0.410. The van der Waals surface area contributed by atoms with E-state index in [9.17, 15) is 14.9 Å². The topological polar surface area (TPSA) is 98.3 Å². The summed E-state index contributed by atoms with van der Waals surface area (Å²) in [5.41, 5.74) is 6.37. The summed E-state index contributed by atoms with van der Waals surface area (Å²) < 4.78 is 0. The van der Waals surface area contributed by atoms with Gasteiger partial charge in [-0.25, -0.2) is 0 Å². The van der Waals surface area contributed by atoms with Crippen LogP contribution in [-0.4, -0.2) is 23.4 Å². The minimum absolute atomic E-state index is 0.0612. The molecule has 0 saturated heterocycles. The Morgan fingerprint density at radius 3 is 2.63 bits per heavy atom. The molecule has 0 spiro atoms. The molecule has 3 N–H and O–H groups in total. The summed E-state index contributed by atoms with van der Waals surface area (Å²) in [6.45, 7) is 4.07. The van der Waals surface area contributed by atoms with Crippen LogP contribution in [0.4, 0.5) is 5.69 Å². The van der Waals surface area contributed by atoms with Crippen LogP contribution >= 0.6 is 0 Å². The van der Waals surface area contributed by atoms with Crippen molar-refractivity contribution < 1.29 is 9.72 Å². The van der Waals surface area contributed by atoms with E-state index in [1.54, 1.807) is 18.2 Å². The van der Waals surface area contributed by atoms with E-state index >= 15 is 0 Å².